The number of aromatic nitrogens is 1. The molecule has 5 nitrogen and oxygen atoms in total. The number of aliphatic carboxylic acids is 1. The van der Waals surface area contributed by atoms with Gasteiger partial charge in [-0.25, -0.2) is 4.98 Å². The molecule has 1 aliphatic heterocycles. The van der Waals surface area contributed by atoms with Crippen molar-refractivity contribution in [3.05, 3.63) is 28.5 Å². The van der Waals surface area contributed by atoms with E-state index in [0.717, 1.165) is 18.5 Å². The molecule has 0 spiro atoms. The van der Waals surface area contributed by atoms with E-state index in [1.165, 1.54) is 0 Å². The van der Waals surface area contributed by atoms with Crippen LogP contribution in [0.4, 0.5) is 0 Å². The quantitative estimate of drug-likeness (QED) is 0.846. The summed E-state index contributed by atoms with van der Waals surface area (Å²) in [6.45, 7) is 3.03. The van der Waals surface area contributed by atoms with Gasteiger partial charge < -0.3 is 10.0 Å². The van der Waals surface area contributed by atoms with Gasteiger partial charge in [0.05, 0.1) is 6.42 Å². The van der Waals surface area contributed by atoms with Gasteiger partial charge in [0.25, 0.3) is 5.91 Å². The average molecular weight is 297 g/mol. The van der Waals surface area contributed by atoms with E-state index < -0.39 is 5.97 Å². The van der Waals surface area contributed by atoms with Crippen molar-refractivity contribution in [1.82, 2.24) is 9.88 Å². The Balaban J connectivity index is 2.02. The zero-order valence-corrected chi connectivity index (χ0v) is 12.1. The lowest BCUT2D eigenvalue weighted by atomic mass is 9.95. The fraction of sp³-hybridized carbons (Fsp3) is 0.500. The van der Waals surface area contributed by atoms with Gasteiger partial charge in [-0.1, -0.05) is 24.9 Å². The molecule has 0 saturated carbocycles. The molecular formula is C14H17ClN2O3. The lowest BCUT2D eigenvalue weighted by Gasteiger charge is -2.38. The number of carboxylic acid groups (broad SMARTS) is 1. The van der Waals surface area contributed by atoms with Crippen molar-refractivity contribution in [2.24, 2.45) is 5.92 Å². The van der Waals surface area contributed by atoms with Crippen LogP contribution in [0.3, 0.4) is 0 Å². The van der Waals surface area contributed by atoms with Crippen molar-refractivity contribution in [3.8, 4) is 0 Å². The molecule has 1 fully saturated rings. The van der Waals surface area contributed by atoms with E-state index in [1.54, 1.807) is 17.0 Å². The summed E-state index contributed by atoms with van der Waals surface area (Å²) in [4.78, 5) is 28.7. The largest absolute Gasteiger partial charge is 0.481 e. The molecule has 1 aromatic rings. The fourth-order valence-electron chi connectivity index (χ4n) is 2.35. The maximum absolute atomic E-state index is 12.3. The SMILES string of the molecule is CCCc1cc(C(=O)N2CC(CC(=O)O)C2)cc(Cl)n1. The molecule has 0 aromatic carbocycles. The minimum absolute atomic E-state index is 0.0591. The van der Waals surface area contributed by atoms with Gasteiger partial charge in [-0.15, -0.1) is 0 Å². The first-order chi connectivity index (χ1) is 9.49. The molecule has 0 unspecified atom stereocenters. The molecule has 0 atom stereocenters. The number of carboxylic acids is 1. The molecule has 1 aromatic heterocycles. The number of nitrogens with zero attached hydrogens (tertiary/aromatic N) is 2. The van der Waals surface area contributed by atoms with Gasteiger partial charge in [0.15, 0.2) is 0 Å². The summed E-state index contributed by atoms with van der Waals surface area (Å²) < 4.78 is 0. The van der Waals surface area contributed by atoms with Crippen LogP contribution in [0.25, 0.3) is 0 Å². The number of likely N-dealkylation sites (tertiary alicyclic amines) is 1. The Hall–Kier alpha value is -1.62. The third-order valence-corrected chi connectivity index (χ3v) is 3.50. The van der Waals surface area contributed by atoms with Crippen molar-refractivity contribution in [3.63, 3.8) is 0 Å². The maximum Gasteiger partial charge on any atom is 0.303 e. The van der Waals surface area contributed by atoms with Crippen LogP contribution in [0.2, 0.25) is 5.15 Å². The number of halogens is 1. The summed E-state index contributed by atoms with van der Waals surface area (Å²) in [6.07, 6.45) is 1.83. The van der Waals surface area contributed by atoms with Gasteiger partial charge >= 0.3 is 5.97 Å². The van der Waals surface area contributed by atoms with Crippen LogP contribution < -0.4 is 0 Å². The second-order valence-electron chi connectivity index (χ2n) is 5.09. The predicted octanol–water partition coefficient (Wildman–Crippen LogP) is 2.23. The van der Waals surface area contributed by atoms with Crippen molar-refractivity contribution in [2.75, 3.05) is 13.1 Å². The molecule has 1 saturated heterocycles. The maximum atomic E-state index is 12.3. The van der Waals surface area contributed by atoms with Gasteiger partial charge in [-0.3, -0.25) is 9.59 Å². The van der Waals surface area contributed by atoms with Crippen molar-refractivity contribution < 1.29 is 14.7 Å². The minimum Gasteiger partial charge on any atom is -0.481 e. The number of carbonyl (C=O) groups is 2. The number of hydrogen-bond donors (Lipinski definition) is 1. The lowest BCUT2D eigenvalue weighted by Crippen LogP contribution is -2.50. The minimum atomic E-state index is -0.820. The normalized spacial score (nSPS) is 15.0. The first-order valence-corrected chi connectivity index (χ1v) is 7.05. The molecule has 0 bridgehead atoms. The fourth-order valence-corrected chi connectivity index (χ4v) is 2.58. The molecule has 20 heavy (non-hydrogen) atoms. The highest BCUT2D eigenvalue weighted by molar-refractivity contribution is 6.29. The summed E-state index contributed by atoms with van der Waals surface area (Å²) >= 11 is 5.93. The highest BCUT2D eigenvalue weighted by Crippen LogP contribution is 2.23. The second-order valence-corrected chi connectivity index (χ2v) is 5.48. The van der Waals surface area contributed by atoms with Crippen molar-refractivity contribution in [1.29, 1.82) is 0 Å². The Labute approximate surface area is 122 Å². The molecule has 6 heteroatoms. The van der Waals surface area contributed by atoms with Gasteiger partial charge in [-0.2, -0.15) is 0 Å². The Kier molecular flexibility index (Phi) is 4.60. The monoisotopic (exact) mass is 296 g/mol. The number of amides is 1. The van der Waals surface area contributed by atoms with Crippen LogP contribution in [0, 0.1) is 5.92 Å². The Morgan fingerprint density at radius 1 is 1.45 bits per heavy atom. The predicted molar refractivity (Wildman–Crippen MR) is 74.9 cm³/mol. The van der Waals surface area contributed by atoms with Crippen molar-refractivity contribution in [2.45, 2.75) is 26.2 Å². The van der Waals surface area contributed by atoms with Crippen LogP contribution in [0.15, 0.2) is 12.1 Å². The summed E-state index contributed by atoms with van der Waals surface area (Å²) in [5, 5.41) is 9.01. The van der Waals surface area contributed by atoms with Crippen LogP contribution in [0.5, 0.6) is 0 Å². The average Bonchev–Trinajstić information content (AvgIpc) is 2.32. The molecule has 1 amide bonds. The third kappa shape index (κ3) is 3.48. The number of hydrogen-bond acceptors (Lipinski definition) is 3. The smallest absolute Gasteiger partial charge is 0.303 e. The van der Waals surface area contributed by atoms with Crippen molar-refractivity contribution >= 4 is 23.5 Å². The molecule has 1 aliphatic rings. The third-order valence-electron chi connectivity index (χ3n) is 3.31. The summed E-state index contributed by atoms with van der Waals surface area (Å²) in [5.74, 6) is -0.864. The van der Waals surface area contributed by atoms with Gasteiger partial charge in [0.1, 0.15) is 5.15 Å². The van der Waals surface area contributed by atoms with Crippen LogP contribution in [-0.2, 0) is 11.2 Å². The van der Waals surface area contributed by atoms with E-state index in [9.17, 15) is 9.59 Å². The topological polar surface area (TPSA) is 70.5 Å². The summed E-state index contributed by atoms with van der Waals surface area (Å²) in [7, 11) is 0. The van der Waals surface area contributed by atoms with E-state index in [0.29, 0.717) is 23.8 Å². The zero-order chi connectivity index (χ0) is 14.7. The first-order valence-electron chi connectivity index (χ1n) is 6.67. The zero-order valence-electron chi connectivity index (χ0n) is 11.3. The second kappa shape index (κ2) is 6.22. The van der Waals surface area contributed by atoms with Gasteiger partial charge in [0.2, 0.25) is 0 Å². The molecule has 0 radical (unpaired) electrons. The number of carbonyl (C=O) groups excluding carboxylic acids is 1. The lowest BCUT2D eigenvalue weighted by molar-refractivity contribution is -0.139. The molecule has 108 valence electrons. The molecule has 0 aliphatic carbocycles. The van der Waals surface area contributed by atoms with Crippen LogP contribution in [-0.4, -0.2) is 40.0 Å². The highest BCUT2D eigenvalue weighted by atomic mass is 35.5. The van der Waals surface area contributed by atoms with Gasteiger partial charge in [0, 0.05) is 30.3 Å². The van der Waals surface area contributed by atoms with Crippen LogP contribution >= 0.6 is 11.6 Å². The number of rotatable bonds is 5. The van der Waals surface area contributed by atoms with E-state index >= 15 is 0 Å². The van der Waals surface area contributed by atoms with Crippen LogP contribution in [0.1, 0.15) is 35.8 Å². The standard InChI is InChI=1S/C14H17ClN2O3/c1-2-3-11-5-10(6-12(15)16-11)14(20)17-7-9(8-17)4-13(18)19/h5-6,9H,2-4,7-8H2,1H3,(H,18,19). The number of pyridine rings is 1. The van der Waals surface area contributed by atoms with E-state index in [2.05, 4.69) is 4.98 Å². The molecule has 2 rings (SSSR count). The van der Waals surface area contributed by atoms with E-state index in [1.807, 2.05) is 6.92 Å². The Morgan fingerprint density at radius 2 is 2.15 bits per heavy atom. The molecule has 1 N–H and O–H groups in total. The first kappa shape index (κ1) is 14.8. The number of aryl methyl sites for hydroxylation is 1. The van der Waals surface area contributed by atoms with E-state index in [4.69, 9.17) is 16.7 Å². The molecular weight excluding hydrogens is 280 g/mol. The highest BCUT2D eigenvalue weighted by Gasteiger charge is 2.32. The van der Waals surface area contributed by atoms with E-state index in [-0.39, 0.29) is 18.2 Å². The van der Waals surface area contributed by atoms with Gasteiger partial charge in [-0.05, 0) is 18.6 Å². The molecule has 2 heterocycles. The Morgan fingerprint density at radius 3 is 2.75 bits per heavy atom. The summed E-state index contributed by atoms with van der Waals surface area (Å²) in [5.41, 5.74) is 1.34. The summed E-state index contributed by atoms with van der Waals surface area (Å²) in [6, 6.07) is 3.33. The Bertz CT molecular complexity index is 527.